The number of rotatable bonds is 1. The first-order chi connectivity index (χ1) is 7.86. The van der Waals surface area contributed by atoms with Gasteiger partial charge in [-0.05, 0) is 53.7 Å². The Morgan fingerprint density at radius 3 is 2.94 bits per heavy atom. The molecule has 2 aromatic rings. The van der Waals surface area contributed by atoms with Gasteiger partial charge in [-0.25, -0.2) is 9.97 Å². The van der Waals surface area contributed by atoms with Crippen molar-refractivity contribution in [3.05, 3.63) is 40.5 Å². The Morgan fingerprint density at radius 1 is 1.19 bits per heavy atom. The fourth-order valence-corrected chi connectivity index (χ4v) is 2.65. The minimum atomic E-state index is 0.943. The molecule has 3 nitrogen and oxygen atoms in total. The van der Waals surface area contributed by atoms with E-state index in [0.29, 0.717) is 0 Å². The molecule has 3 rings (SSSR count). The van der Waals surface area contributed by atoms with Crippen LogP contribution < -0.4 is 0 Å². The summed E-state index contributed by atoms with van der Waals surface area (Å²) >= 11 is 3.53. The Balaban J connectivity index is 2.13. The molecule has 0 aliphatic heterocycles. The predicted octanol–water partition coefficient (Wildman–Crippen LogP) is 2.91. The van der Waals surface area contributed by atoms with E-state index in [1.165, 1.54) is 24.2 Å². The summed E-state index contributed by atoms with van der Waals surface area (Å²) in [6.07, 6.45) is 8.43. The standard InChI is InChI=1S/C12H12BrN3/c13-9-4-3-7-14-12(9)16-8-15-10-5-1-2-6-11(10)16/h3-4,7-8H,1-2,5-6H2. The van der Waals surface area contributed by atoms with E-state index in [2.05, 4.69) is 30.5 Å². The van der Waals surface area contributed by atoms with Crippen LogP contribution in [-0.2, 0) is 12.8 Å². The van der Waals surface area contributed by atoms with E-state index in [1.807, 2.05) is 24.7 Å². The number of fused-ring (bicyclic) bond motifs is 1. The largest absolute Gasteiger partial charge is 0.286 e. The molecule has 0 unspecified atom stereocenters. The average molecular weight is 278 g/mol. The molecular formula is C12H12BrN3. The van der Waals surface area contributed by atoms with Crippen molar-refractivity contribution in [2.45, 2.75) is 25.7 Å². The minimum absolute atomic E-state index is 0.943. The van der Waals surface area contributed by atoms with Crippen molar-refractivity contribution in [1.29, 1.82) is 0 Å². The molecule has 2 heterocycles. The highest BCUT2D eigenvalue weighted by atomic mass is 79.9. The number of pyridine rings is 1. The Morgan fingerprint density at radius 2 is 2.06 bits per heavy atom. The van der Waals surface area contributed by atoms with Crippen LogP contribution in [0, 0.1) is 0 Å². The zero-order valence-corrected chi connectivity index (χ0v) is 10.4. The smallest absolute Gasteiger partial charge is 0.152 e. The van der Waals surface area contributed by atoms with Crippen LogP contribution in [0.1, 0.15) is 24.2 Å². The molecule has 0 atom stereocenters. The second-order valence-corrected chi connectivity index (χ2v) is 4.88. The third-order valence-electron chi connectivity index (χ3n) is 3.00. The predicted molar refractivity (Wildman–Crippen MR) is 65.7 cm³/mol. The number of nitrogens with zero attached hydrogens (tertiary/aromatic N) is 3. The monoisotopic (exact) mass is 277 g/mol. The SMILES string of the molecule is Brc1cccnc1-n1cnc2c1CCCC2. The summed E-state index contributed by atoms with van der Waals surface area (Å²) in [5, 5.41) is 0. The van der Waals surface area contributed by atoms with Crippen molar-refractivity contribution >= 4 is 15.9 Å². The molecule has 1 aliphatic rings. The van der Waals surface area contributed by atoms with Crippen LogP contribution in [0.25, 0.3) is 5.82 Å². The maximum atomic E-state index is 4.48. The zero-order chi connectivity index (χ0) is 11.0. The summed E-state index contributed by atoms with van der Waals surface area (Å²) in [6.45, 7) is 0. The van der Waals surface area contributed by atoms with E-state index < -0.39 is 0 Å². The summed E-state index contributed by atoms with van der Waals surface area (Å²) in [5.74, 6) is 0.943. The molecule has 16 heavy (non-hydrogen) atoms. The summed E-state index contributed by atoms with van der Waals surface area (Å²) in [5.41, 5.74) is 2.56. The van der Waals surface area contributed by atoms with Gasteiger partial charge in [0.2, 0.25) is 0 Å². The van der Waals surface area contributed by atoms with Gasteiger partial charge in [0.1, 0.15) is 6.33 Å². The molecule has 0 bridgehead atoms. The van der Waals surface area contributed by atoms with Gasteiger partial charge in [0.15, 0.2) is 5.82 Å². The molecule has 0 radical (unpaired) electrons. The molecule has 0 amide bonds. The second-order valence-electron chi connectivity index (χ2n) is 4.02. The van der Waals surface area contributed by atoms with Gasteiger partial charge >= 0.3 is 0 Å². The van der Waals surface area contributed by atoms with Crippen molar-refractivity contribution in [2.75, 3.05) is 0 Å². The van der Waals surface area contributed by atoms with Crippen LogP contribution in [-0.4, -0.2) is 14.5 Å². The lowest BCUT2D eigenvalue weighted by Gasteiger charge is -2.13. The van der Waals surface area contributed by atoms with Crippen LogP contribution >= 0.6 is 15.9 Å². The van der Waals surface area contributed by atoms with Gasteiger partial charge in [0.25, 0.3) is 0 Å². The number of aromatic nitrogens is 3. The maximum absolute atomic E-state index is 4.48. The molecule has 0 fully saturated rings. The molecular weight excluding hydrogens is 266 g/mol. The van der Waals surface area contributed by atoms with E-state index in [9.17, 15) is 0 Å². The second kappa shape index (κ2) is 4.01. The van der Waals surface area contributed by atoms with Gasteiger partial charge in [-0.1, -0.05) is 0 Å². The lowest BCUT2D eigenvalue weighted by molar-refractivity contribution is 0.654. The first-order valence-electron chi connectivity index (χ1n) is 5.52. The topological polar surface area (TPSA) is 30.7 Å². The van der Waals surface area contributed by atoms with Crippen LogP contribution in [0.4, 0.5) is 0 Å². The van der Waals surface area contributed by atoms with Crippen molar-refractivity contribution in [1.82, 2.24) is 14.5 Å². The maximum Gasteiger partial charge on any atom is 0.152 e. The van der Waals surface area contributed by atoms with Gasteiger partial charge in [-0.3, -0.25) is 4.57 Å². The Labute approximate surface area is 103 Å². The van der Waals surface area contributed by atoms with Crippen molar-refractivity contribution < 1.29 is 0 Å². The lowest BCUT2D eigenvalue weighted by atomic mass is 10.0. The molecule has 2 aromatic heterocycles. The molecule has 4 heteroatoms. The molecule has 1 aliphatic carbocycles. The van der Waals surface area contributed by atoms with Crippen LogP contribution in [0.15, 0.2) is 29.1 Å². The van der Waals surface area contributed by atoms with E-state index in [0.717, 1.165) is 23.1 Å². The molecule has 0 saturated carbocycles. The summed E-state index contributed by atoms with van der Waals surface area (Å²) < 4.78 is 3.12. The van der Waals surface area contributed by atoms with E-state index >= 15 is 0 Å². The first-order valence-corrected chi connectivity index (χ1v) is 6.31. The molecule has 82 valence electrons. The van der Waals surface area contributed by atoms with Crippen LogP contribution in [0.5, 0.6) is 0 Å². The highest BCUT2D eigenvalue weighted by Gasteiger charge is 2.17. The van der Waals surface area contributed by atoms with Gasteiger partial charge in [-0.2, -0.15) is 0 Å². The van der Waals surface area contributed by atoms with Crippen LogP contribution in [0.3, 0.4) is 0 Å². The number of imidazole rings is 1. The third kappa shape index (κ3) is 1.57. The fourth-order valence-electron chi connectivity index (χ4n) is 2.21. The summed E-state index contributed by atoms with van der Waals surface area (Å²) in [7, 11) is 0. The fraction of sp³-hybridized carbons (Fsp3) is 0.333. The zero-order valence-electron chi connectivity index (χ0n) is 8.86. The van der Waals surface area contributed by atoms with Crippen molar-refractivity contribution in [3.8, 4) is 5.82 Å². The first kappa shape index (κ1) is 10.0. The Bertz CT molecular complexity index is 519. The number of aryl methyl sites for hydroxylation is 1. The van der Waals surface area contributed by atoms with Crippen LogP contribution in [0.2, 0.25) is 0 Å². The third-order valence-corrected chi connectivity index (χ3v) is 3.62. The number of halogens is 1. The quantitative estimate of drug-likeness (QED) is 0.803. The van der Waals surface area contributed by atoms with Gasteiger partial charge < -0.3 is 0 Å². The number of hydrogen-bond acceptors (Lipinski definition) is 2. The Hall–Kier alpha value is -1.16. The van der Waals surface area contributed by atoms with E-state index in [-0.39, 0.29) is 0 Å². The van der Waals surface area contributed by atoms with Crippen molar-refractivity contribution in [3.63, 3.8) is 0 Å². The van der Waals surface area contributed by atoms with Gasteiger partial charge in [0, 0.05) is 11.9 Å². The minimum Gasteiger partial charge on any atom is -0.286 e. The Kier molecular flexibility index (Phi) is 2.52. The van der Waals surface area contributed by atoms with Gasteiger partial charge in [0.05, 0.1) is 10.2 Å². The van der Waals surface area contributed by atoms with E-state index in [4.69, 9.17) is 0 Å². The highest BCUT2D eigenvalue weighted by Crippen LogP contribution is 2.25. The van der Waals surface area contributed by atoms with E-state index in [1.54, 1.807) is 0 Å². The molecule has 0 spiro atoms. The normalized spacial score (nSPS) is 14.8. The van der Waals surface area contributed by atoms with Gasteiger partial charge in [-0.15, -0.1) is 0 Å². The molecule has 0 aromatic carbocycles. The lowest BCUT2D eigenvalue weighted by Crippen LogP contribution is -2.08. The number of hydrogen-bond donors (Lipinski definition) is 0. The molecule has 0 N–H and O–H groups in total. The summed E-state index contributed by atoms with van der Waals surface area (Å²) in [4.78, 5) is 8.88. The summed E-state index contributed by atoms with van der Waals surface area (Å²) in [6, 6.07) is 3.94. The van der Waals surface area contributed by atoms with Crippen molar-refractivity contribution in [2.24, 2.45) is 0 Å². The highest BCUT2D eigenvalue weighted by molar-refractivity contribution is 9.10. The average Bonchev–Trinajstić information content (AvgIpc) is 2.74. The molecule has 0 saturated heterocycles.